The molecule has 4 rings (SSSR count). The third-order valence-corrected chi connectivity index (χ3v) is 10.7. The summed E-state index contributed by atoms with van der Waals surface area (Å²) in [4.78, 5) is 54.9. The lowest BCUT2D eigenvalue weighted by Gasteiger charge is -2.37. The standard InChI is InChI=1S/C31H43F3N4O7S/c1-7-17-9-8-10-19(13-17)45-16-22(39)21(14-18-11-12-35-26(18)40)36-27(41)24-23-20(30(23,5)6)15-38(24)28(42)25(29(2,3)4)37-46(43,44)31(32,33)34/h8-10,13,18,20-21,23-25,37H,7,11-12,14-16H2,1-6H3,(H,35,40)(H,36,41)/t18-,20-,21-,23-,24-,25+/m0/s1. The molecule has 0 bridgehead atoms. The minimum Gasteiger partial charge on any atom is -0.486 e. The molecule has 0 spiro atoms. The molecule has 1 aliphatic carbocycles. The largest absolute Gasteiger partial charge is 0.511 e. The monoisotopic (exact) mass is 672 g/mol. The molecule has 0 aromatic heterocycles. The van der Waals surface area contributed by atoms with E-state index in [1.165, 1.54) is 25.5 Å². The first-order chi connectivity index (χ1) is 21.2. The van der Waals surface area contributed by atoms with E-state index in [2.05, 4.69) is 10.6 Å². The van der Waals surface area contributed by atoms with E-state index in [1.807, 2.05) is 26.8 Å². The number of likely N-dealkylation sites (tertiary alicyclic amines) is 1. The highest BCUT2D eigenvalue weighted by atomic mass is 32.2. The van der Waals surface area contributed by atoms with Crippen molar-refractivity contribution in [2.45, 2.75) is 84.4 Å². The van der Waals surface area contributed by atoms with Crippen LogP contribution in [0.1, 0.15) is 59.9 Å². The van der Waals surface area contributed by atoms with Crippen LogP contribution in [0.25, 0.3) is 0 Å². The molecule has 0 radical (unpaired) electrons. The molecule has 1 aromatic carbocycles. The fourth-order valence-corrected chi connectivity index (χ4v) is 7.49. The number of nitrogens with one attached hydrogen (secondary N) is 3. The topological polar surface area (TPSA) is 151 Å². The van der Waals surface area contributed by atoms with Crippen molar-refractivity contribution in [2.75, 3.05) is 19.7 Å². The van der Waals surface area contributed by atoms with Gasteiger partial charge in [0.15, 0.2) is 5.78 Å². The van der Waals surface area contributed by atoms with Gasteiger partial charge in [-0.3, -0.25) is 19.2 Å². The third-order valence-electron chi connectivity index (χ3n) is 9.53. The average Bonchev–Trinajstić information content (AvgIpc) is 3.30. The Kier molecular flexibility index (Phi) is 9.90. The number of ether oxygens (including phenoxy) is 1. The van der Waals surface area contributed by atoms with Gasteiger partial charge in [-0.05, 0) is 59.6 Å². The second kappa shape index (κ2) is 12.8. The highest BCUT2D eigenvalue weighted by Crippen LogP contribution is 2.65. The molecule has 46 heavy (non-hydrogen) atoms. The number of carbonyl (C=O) groups is 4. The van der Waals surface area contributed by atoms with E-state index in [9.17, 15) is 40.8 Å². The first kappa shape index (κ1) is 35.7. The number of nitrogens with zero attached hydrogens (tertiary/aromatic N) is 1. The fraction of sp³-hybridized carbons (Fsp3) is 0.677. The van der Waals surface area contributed by atoms with Gasteiger partial charge in [-0.2, -0.15) is 17.9 Å². The van der Waals surface area contributed by atoms with Crippen molar-refractivity contribution in [1.82, 2.24) is 20.3 Å². The zero-order valence-electron chi connectivity index (χ0n) is 26.9. The number of Topliss-reactive ketones (excluding diaryl/α,β-unsaturated/α-hetero) is 1. The van der Waals surface area contributed by atoms with Crippen molar-refractivity contribution in [1.29, 1.82) is 0 Å². The summed E-state index contributed by atoms with van der Waals surface area (Å²) in [5.41, 5.74) is -6.33. The van der Waals surface area contributed by atoms with Gasteiger partial charge in [0.2, 0.25) is 17.7 Å². The number of amides is 3. The maximum atomic E-state index is 14.0. The Labute approximate surface area is 267 Å². The molecule has 6 atom stereocenters. The lowest BCUT2D eigenvalue weighted by molar-refractivity contribution is -0.144. The number of halogens is 3. The van der Waals surface area contributed by atoms with E-state index in [0.717, 1.165) is 16.9 Å². The van der Waals surface area contributed by atoms with Gasteiger partial charge < -0.3 is 20.3 Å². The van der Waals surface area contributed by atoms with Crippen LogP contribution in [0.2, 0.25) is 0 Å². The van der Waals surface area contributed by atoms with Gasteiger partial charge in [-0.25, -0.2) is 8.42 Å². The van der Waals surface area contributed by atoms with Crippen LogP contribution in [0.3, 0.4) is 0 Å². The zero-order valence-corrected chi connectivity index (χ0v) is 27.7. The maximum Gasteiger partial charge on any atom is 0.511 e. The number of alkyl halides is 3. The third kappa shape index (κ3) is 7.35. The van der Waals surface area contributed by atoms with Gasteiger partial charge >= 0.3 is 15.5 Å². The van der Waals surface area contributed by atoms with Gasteiger partial charge in [0.25, 0.3) is 0 Å². The summed E-state index contributed by atoms with van der Waals surface area (Å²) >= 11 is 0. The van der Waals surface area contributed by atoms with Crippen molar-refractivity contribution in [3.8, 4) is 5.75 Å². The predicted octanol–water partition coefficient (Wildman–Crippen LogP) is 2.54. The number of hydrogen-bond donors (Lipinski definition) is 3. The summed E-state index contributed by atoms with van der Waals surface area (Å²) in [5.74, 6) is -3.07. The quantitative estimate of drug-likeness (QED) is 0.309. The van der Waals surface area contributed by atoms with E-state index in [1.54, 1.807) is 18.2 Å². The summed E-state index contributed by atoms with van der Waals surface area (Å²) in [7, 11) is -5.89. The average molecular weight is 673 g/mol. The number of carbonyl (C=O) groups excluding carboxylic acids is 4. The molecule has 11 nitrogen and oxygen atoms in total. The number of sulfonamides is 1. The summed E-state index contributed by atoms with van der Waals surface area (Å²) in [6.45, 7) is 10.1. The summed E-state index contributed by atoms with van der Waals surface area (Å²) < 4.78 is 71.3. The van der Waals surface area contributed by atoms with Crippen molar-refractivity contribution in [2.24, 2.45) is 28.6 Å². The summed E-state index contributed by atoms with van der Waals surface area (Å²) in [6.07, 6.45) is 1.20. The lowest BCUT2D eigenvalue weighted by atomic mass is 9.86. The number of aryl methyl sites for hydroxylation is 1. The van der Waals surface area contributed by atoms with E-state index in [0.29, 0.717) is 18.7 Å². The number of rotatable bonds is 12. The summed E-state index contributed by atoms with van der Waals surface area (Å²) in [5, 5.41) is 5.45. The molecule has 1 aromatic rings. The lowest BCUT2D eigenvalue weighted by Crippen LogP contribution is -2.61. The Hall–Kier alpha value is -3.20. The van der Waals surface area contributed by atoms with Crippen LogP contribution in [0.5, 0.6) is 5.75 Å². The van der Waals surface area contributed by atoms with E-state index in [-0.39, 0.29) is 36.1 Å². The first-order valence-corrected chi connectivity index (χ1v) is 16.9. The Morgan fingerprint density at radius 3 is 2.41 bits per heavy atom. The second-order valence-electron chi connectivity index (χ2n) is 14.1. The minimum absolute atomic E-state index is 0.0110. The zero-order chi connectivity index (χ0) is 34.4. The molecule has 2 saturated heterocycles. The molecule has 3 aliphatic rings. The number of ketones is 1. The van der Waals surface area contributed by atoms with Crippen molar-refractivity contribution in [3.05, 3.63) is 29.8 Å². The van der Waals surface area contributed by atoms with Gasteiger partial charge in [0, 0.05) is 19.0 Å². The van der Waals surface area contributed by atoms with Crippen LogP contribution in [0, 0.1) is 28.6 Å². The van der Waals surface area contributed by atoms with Crippen LogP contribution >= 0.6 is 0 Å². The number of hydrogen-bond acceptors (Lipinski definition) is 7. The van der Waals surface area contributed by atoms with E-state index < -0.39 is 69.2 Å². The van der Waals surface area contributed by atoms with Gasteiger partial charge in [0.1, 0.15) is 24.4 Å². The SMILES string of the molecule is CCc1cccc(OCC(=O)[C@H](C[C@@H]2CCNC2=O)NC(=O)[C@@H]2[C@@H]3[C@H](CN2C(=O)[C@@H](NS(=O)(=O)C(F)(F)F)C(C)(C)C)C3(C)C)c1. The molecule has 0 unspecified atom stereocenters. The molecular formula is C31H43F3N4O7S. The van der Waals surface area contributed by atoms with Crippen LogP contribution in [-0.2, 0) is 35.6 Å². The van der Waals surface area contributed by atoms with E-state index >= 15 is 0 Å². The van der Waals surface area contributed by atoms with Gasteiger partial charge in [-0.15, -0.1) is 0 Å². The Balaban J connectivity index is 1.58. The Bertz CT molecular complexity index is 1470. The highest BCUT2D eigenvalue weighted by molar-refractivity contribution is 7.90. The highest BCUT2D eigenvalue weighted by Gasteiger charge is 2.70. The smallest absolute Gasteiger partial charge is 0.486 e. The molecule has 2 aliphatic heterocycles. The molecule has 3 amide bonds. The Morgan fingerprint density at radius 2 is 1.85 bits per heavy atom. The van der Waals surface area contributed by atoms with Gasteiger partial charge in [0.05, 0.1) is 6.04 Å². The van der Waals surface area contributed by atoms with Gasteiger partial charge in [-0.1, -0.05) is 53.7 Å². The molecule has 2 heterocycles. The minimum atomic E-state index is -5.89. The normalized spacial score (nSPS) is 25.3. The van der Waals surface area contributed by atoms with Crippen LogP contribution < -0.4 is 20.1 Å². The van der Waals surface area contributed by atoms with Crippen LogP contribution in [0.4, 0.5) is 13.2 Å². The maximum absolute atomic E-state index is 14.0. The molecule has 15 heteroatoms. The molecule has 256 valence electrons. The van der Waals surface area contributed by atoms with Crippen molar-refractivity contribution >= 4 is 33.5 Å². The molecule has 3 fully saturated rings. The van der Waals surface area contributed by atoms with Crippen molar-refractivity contribution < 1.29 is 45.5 Å². The van der Waals surface area contributed by atoms with E-state index in [4.69, 9.17) is 4.74 Å². The molecular weight excluding hydrogens is 629 g/mol. The number of piperidine rings is 1. The molecule has 1 saturated carbocycles. The van der Waals surface area contributed by atoms with Crippen LogP contribution in [0.15, 0.2) is 24.3 Å². The number of fused-ring (bicyclic) bond motifs is 1. The summed E-state index contributed by atoms with van der Waals surface area (Å²) in [6, 6.07) is 3.03. The fourth-order valence-electron chi connectivity index (χ4n) is 6.59. The Morgan fingerprint density at radius 1 is 1.17 bits per heavy atom. The second-order valence-corrected chi connectivity index (χ2v) is 15.8. The van der Waals surface area contributed by atoms with Crippen molar-refractivity contribution in [3.63, 3.8) is 0 Å². The predicted molar refractivity (Wildman–Crippen MR) is 162 cm³/mol. The molecule has 3 N–H and O–H groups in total. The van der Waals surface area contributed by atoms with Crippen LogP contribution in [-0.4, -0.2) is 80.2 Å². The first-order valence-electron chi connectivity index (χ1n) is 15.4. The number of benzene rings is 1.